The zero-order valence-electron chi connectivity index (χ0n) is 11.8. The standard InChI is InChI=1S/C14H13Br2N3O3/c1-19(2)12-4-3-9(22-12)7-17-18-14(21)8-5-10(15)13(20)11(16)6-8/h3-7,20H,1-2H3,(H,18,21)/b17-7-. The molecule has 6 nitrogen and oxygen atoms in total. The molecule has 1 aromatic heterocycles. The number of nitrogens with zero attached hydrogens (tertiary/aromatic N) is 2. The number of hydrazone groups is 1. The Labute approximate surface area is 144 Å². The quantitative estimate of drug-likeness (QED) is 0.576. The number of hydrogen-bond donors (Lipinski definition) is 2. The lowest BCUT2D eigenvalue weighted by atomic mass is 10.2. The highest BCUT2D eigenvalue weighted by Crippen LogP contribution is 2.33. The molecule has 0 radical (unpaired) electrons. The molecule has 0 aliphatic heterocycles. The second-order valence-electron chi connectivity index (χ2n) is 4.56. The largest absolute Gasteiger partial charge is 0.506 e. The molecule has 0 atom stereocenters. The Balaban J connectivity index is 2.04. The van der Waals surface area contributed by atoms with Gasteiger partial charge in [-0.05, 0) is 50.1 Å². The number of rotatable bonds is 4. The monoisotopic (exact) mass is 429 g/mol. The van der Waals surface area contributed by atoms with Crippen molar-refractivity contribution in [2.75, 3.05) is 19.0 Å². The van der Waals surface area contributed by atoms with Gasteiger partial charge in [0, 0.05) is 25.7 Å². The van der Waals surface area contributed by atoms with E-state index >= 15 is 0 Å². The molecule has 0 spiro atoms. The van der Waals surface area contributed by atoms with E-state index in [4.69, 9.17) is 4.42 Å². The van der Waals surface area contributed by atoms with Crippen LogP contribution in [0.25, 0.3) is 0 Å². The van der Waals surface area contributed by atoms with Crippen molar-refractivity contribution in [2.24, 2.45) is 5.10 Å². The van der Waals surface area contributed by atoms with E-state index in [1.54, 1.807) is 12.1 Å². The van der Waals surface area contributed by atoms with Crippen LogP contribution in [0.1, 0.15) is 16.1 Å². The molecule has 0 saturated heterocycles. The Morgan fingerprint density at radius 1 is 1.32 bits per heavy atom. The number of amides is 1. The van der Waals surface area contributed by atoms with Gasteiger partial charge in [-0.25, -0.2) is 5.43 Å². The van der Waals surface area contributed by atoms with Gasteiger partial charge >= 0.3 is 0 Å². The van der Waals surface area contributed by atoms with Crippen molar-refractivity contribution in [1.82, 2.24) is 5.43 Å². The minimum absolute atomic E-state index is 0.0341. The summed E-state index contributed by atoms with van der Waals surface area (Å²) in [4.78, 5) is 13.8. The highest BCUT2D eigenvalue weighted by atomic mass is 79.9. The first kappa shape index (κ1) is 16.6. The summed E-state index contributed by atoms with van der Waals surface area (Å²) < 4.78 is 6.29. The third kappa shape index (κ3) is 3.89. The van der Waals surface area contributed by atoms with Gasteiger partial charge < -0.3 is 14.4 Å². The fourth-order valence-electron chi connectivity index (χ4n) is 1.57. The second kappa shape index (κ2) is 6.97. The second-order valence-corrected chi connectivity index (χ2v) is 6.27. The summed E-state index contributed by atoms with van der Waals surface area (Å²) in [7, 11) is 3.73. The molecule has 1 heterocycles. The van der Waals surface area contributed by atoms with Gasteiger partial charge in [0.2, 0.25) is 0 Å². The van der Waals surface area contributed by atoms with Crippen LogP contribution >= 0.6 is 31.9 Å². The lowest BCUT2D eigenvalue weighted by molar-refractivity contribution is 0.0955. The summed E-state index contributed by atoms with van der Waals surface area (Å²) in [5.74, 6) is 0.847. The van der Waals surface area contributed by atoms with E-state index in [9.17, 15) is 9.90 Å². The maximum absolute atomic E-state index is 12.0. The topological polar surface area (TPSA) is 78.1 Å². The molecule has 22 heavy (non-hydrogen) atoms. The molecule has 0 saturated carbocycles. The normalized spacial score (nSPS) is 10.9. The van der Waals surface area contributed by atoms with E-state index in [1.165, 1.54) is 18.3 Å². The number of aromatic hydroxyl groups is 1. The fourth-order valence-corrected chi connectivity index (χ4v) is 2.75. The number of carbonyl (C=O) groups is 1. The van der Waals surface area contributed by atoms with Gasteiger partial charge in [-0.1, -0.05) is 0 Å². The molecule has 2 aromatic rings. The van der Waals surface area contributed by atoms with E-state index in [-0.39, 0.29) is 5.75 Å². The molecular formula is C14H13Br2N3O3. The van der Waals surface area contributed by atoms with Crippen molar-refractivity contribution >= 4 is 49.9 Å². The summed E-state index contributed by atoms with van der Waals surface area (Å²) in [5.41, 5.74) is 2.74. The zero-order valence-corrected chi connectivity index (χ0v) is 15.0. The molecule has 0 aliphatic rings. The Morgan fingerprint density at radius 2 is 1.95 bits per heavy atom. The number of furan rings is 1. The van der Waals surface area contributed by atoms with Gasteiger partial charge in [0.1, 0.15) is 11.5 Å². The van der Waals surface area contributed by atoms with Gasteiger partial charge in [-0.2, -0.15) is 5.10 Å². The van der Waals surface area contributed by atoms with Crippen LogP contribution in [-0.2, 0) is 0 Å². The SMILES string of the molecule is CN(C)c1ccc(/C=N\NC(=O)c2cc(Br)c(O)c(Br)c2)o1. The maximum atomic E-state index is 12.0. The molecular weight excluding hydrogens is 418 g/mol. The molecule has 1 amide bonds. The summed E-state index contributed by atoms with van der Waals surface area (Å²) in [6.45, 7) is 0. The average Bonchev–Trinajstić information content (AvgIpc) is 2.93. The van der Waals surface area contributed by atoms with Crippen molar-refractivity contribution in [3.05, 3.63) is 44.5 Å². The van der Waals surface area contributed by atoms with Gasteiger partial charge in [0.05, 0.1) is 15.2 Å². The Kier molecular flexibility index (Phi) is 5.25. The lowest BCUT2D eigenvalue weighted by Gasteiger charge is -2.06. The van der Waals surface area contributed by atoms with Crippen molar-refractivity contribution in [2.45, 2.75) is 0 Å². The lowest BCUT2D eigenvalue weighted by Crippen LogP contribution is -2.17. The summed E-state index contributed by atoms with van der Waals surface area (Å²) in [6.07, 6.45) is 1.41. The first-order valence-electron chi connectivity index (χ1n) is 6.17. The number of nitrogens with one attached hydrogen (secondary N) is 1. The Bertz CT molecular complexity index is 703. The van der Waals surface area contributed by atoms with Crippen molar-refractivity contribution in [3.63, 3.8) is 0 Å². The van der Waals surface area contributed by atoms with Gasteiger partial charge in [-0.15, -0.1) is 0 Å². The molecule has 2 N–H and O–H groups in total. The minimum atomic E-state index is -0.406. The molecule has 8 heteroatoms. The van der Waals surface area contributed by atoms with Crippen LogP contribution in [0.5, 0.6) is 5.75 Å². The average molecular weight is 431 g/mol. The van der Waals surface area contributed by atoms with Crippen LogP contribution in [0.3, 0.4) is 0 Å². The van der Waals surface area contributed by atoms with Gasteiger partial charge in [0.25, 0.3) is 5.91 Å². The van der Waals surface area contributed by atoms with Crippen LogP contribution in [0, 0.1) is 0 Å². The predicted molar refractivity (Wildman–Crippen MR) is 91.6 cm³/mol. The van der Waals surface area contributed by atoms with E-state index < -0.39 is 5.91 Å². The van der Waals surface area contributed by atoms with Crippen LogP contribution in [0.2, 0.25) is 0 Å². The molecule has 2 rings (SSSR count). The number of benzene rings is 1. The van der Waals surface area contributed by atoms with Crippen LogP contribution in [0.4, 0.5) is 5.88 Å². The smallest absolute Gasteiger partial charge is 0.271 e. The van der Waals surface area contributed by atoms with E-state index in [1.807, 2.05) is 19.0 Å². The number of hydrogen-bond acceptors (Lipinski definition) is 5. The highest BCUT2D eigenvalue weighted by molar-refractivity contribution is 9.11. The molecule has 0 unspecified atom stereocenters. The van der Waals surface area contributed by atoms with E-state index in [2.05, 4.69) is 42.4 Å². The molecule has 0 bridgehead atoms. The first-order chi connectivity index (χ1) is 10.4. The number of anilines is 1. The summed E-state index contributed by atoms with van der Waals surface area (Å²) >= 11 is 6.34. The zero-order chi connectivity index (χ0) is 16.3. The fraction of sp³-hybridized carbons (Fsp3) is 0.143. The summed E-state index contributed by atoms with van der Waals surface area (Å²) in [6, 6.07) is 6.56. The first-order valence-corrected chi connectivity index (χ1v) is 7.75. The summed E-state index contributed by atoms with van der Waals surface area (Å²) in [5, 5.41) is 13.5. The maximum Gasteiger partial charge on any atom is 0.271 e. The molecule has 0 fully saturated rings. The van der Waals surface area contributed by atoms with Crippen LogP contribution in [0.15, 0.2) is 42.7 Å². The Hall–Kier alpha value is -1.80. The third-order valence-corrected chi connectivity index (χ3v) is 3.90. The number of phenols is 1. The predicted octanol–water partition coefficient (Wildman–Crippen LogP) is 3.34. The van der Waals surface area contributed by atoms with Crippen molar-refractivity contribution < 1.29 is 14.3 Å². The van der Waals surface area contributed by atoms with Crippen molar-refractivity contribution in [3.8, 4) is 5.75 Å². The third-order valence-electron chi connectivity index (χ3n) is 2.69. The number of phenolic OH excluding ortho intramolecular Hbond substituents is 1. The number of halogens is 2. The molecule has 116 valence electrons. The van der Waals surface area contributed by atoms with E-state index in [0.717, 1.165) is 0 Å². The van der Waals surface area contributed by atoms with Crippen LogP contribution < -0.4 is 10.3 Å². The highest BCUT2D eigenvalue weighted by Gasteiger charge is 2.11. The van der Waals surface area contributed by atoms with E-state index in [0.29, 0.717) is 26.2 Å². The molecule has 0 aliphatic carbocycles. The molecule has 1 aromatic carbocycles. The number of carbonyl (C=O) groups excluding carboxylic acids is 1. The van der Waals surface area contributed by atoms with Gasteiger partial charge in [-0.3, -0.25) is 4.79 Å². The van der Waals surface area contributed by atoms with Crippen molar-refractivity contribution in [1.29, 1.82) is 0 Å². The minimum Gasteiger partial charge on any atom is -0.506 e. The van der Waals surface area contributed by atoms with Gasteiger partial charge in [0.15, 0.2) is 5.88 Å². The Morgan fingerprint density at radius 3 is 2.50 bits per heavy atom. The van der Waals surface area contributed by atoms with Crippen LogP contribution in [-0.4, -0.2) is 31.3 Å².